The molecule has 0 aromatic heterocycles. The van der Waals surface area contributed by atoms with Gasteiger partial charge in [0.05, 0.1) is 18.7 Å². The lowest BCUT2D eigenvalue weighted by molar-refractivity contribution is 0.407. The average Bonchev–Trinajstić information content (AvgIpc) is 2.40. The maximum absolute atomic E-state index is 9.27. The van der Waals surface area contributed by atoms with Gasteiger partial charge in [-0.15, -0.1) is 0 Å². The summed E-state index contributed by atoms with van der Waals surface area (Å²) in [5.41, 5.74) is 5.02. The third kappa shape index (κ3) is 3.02. The number of nitriles is 1. The first-order valence-corrected chi connectivity index (χ1v) is 7.17. The Kier molecular flexibility index (Phi) is 4.46. The van der Waals surface area contributed by atoms with Crippen LogP contribution in [0.2, 0.25) is 0 Å². The molecule has 0 saturated heterocycles. The van der Waals surface area contributed by atoms with E-state index in [1.165, 1.54) is 0 Å². The van der Waals surface area contributed by atoms with Crippen LogP contribution in [-0.4, -0.2) is 7.11 Å². The molecular weight excluding hydrogens is 314 g/mol. The summed E-state index contributed by atoms with van der Waals surface area (Å²) in [6, 6.07) is 12.3. The van der Waals surface area contributed by atoms with E-state index >= 15 is 0 Å². The Morgan fingerprint density at radius 3 is 2.55 bits per heavy atom. The third-order valence-corrected chi connectivity index (χ3v) is 3.75. The van der Waals surface area contributed by atoms with Gasteiger partial charge in [-0.2, -0.15) is 5.26 Å². The summed E-state index contributed by atoms with van der Waals surface area (Å²) >= 11 is 3.52. The lowest BCUT2D eigenvalue weighted by atomic mass is 9.97. The van der Waals surface area contributed by atoms with Crippen molar-refractivity contribution in [2.45, 2.75) is 20.3 Å². The summed E-state index contributed by atoms with van der Waals surface area (Å²) in [5, 5.41) is 9.27. The third-order valence-electron chi connectivity index (χ3n) is 3.29. The Bertz CT molecular complexity index is 686. The van der Waals surface area contributed by atoms with Gasteiger partial charge >= 0.3 is 0 Å². The van der Waals surface area contributed by atoms with Gasteiger partial charge in [0.2, 0.25) is 0 Å². The maximum atomic E-state index is 9.27. The SMILES string of the molecule is COc1c(C)cc(Br)cc1Cc1ccc(C)cc1C#N. The molecule has 0 aliphatic rings. The van der Waals surface area contributed by atoms with E-state index < -0.39 is 0 Å². The van der Waals surface area contributed by atoms with Crippen molar-refractivity contribution in [1.29, 1.82) is 5.26 Å². The van der Waals surface area contributed by atoms with Gasteiger partial charge in [0.15, 0.2) is 0 Å². The minimum Gasteiger partial charge on any atom is -0.496 e. The van der Waals surface area contributed by atoms with Gasteiger partial charge in [-0.3, -0.25) is 0 Å². The molecule has 2 aromatic rings. The first-order chi connectivity index (χ1) is 9.55. The monoisotopic (exact) mass is 329 g/mol. The Morgan fingerprint density at radius 2 is 1.90 bits per heavy atom. The molecule has 2 nitrogen and oxygen atoms in total. The Balaban J connectivity index is 2.48. The van der Waals surface area contributed by atoms with Crippen molar-refractivity contribution in [3.05, 3.63) is 62.6 Å². The molecule has 0 amide bonds. The fourth-order valence-electron chi connectivity index (χ4n) is 2.38. The highest BCUT2D eigenvalue weighted by atomic mass is 79.9. The molecule has 0 N–H and O–H groups in total. The fourth-order valence-corrected chi connectivity index (χ4v) is 3.00. The van der Waals surface area contributed by atoms with Crippen molar-refractivity contribution in [2.75, 3.05) is 7.11 Å². The molecule has 20 heavy (non-hydrogen) atoms. The van der Waals surface area contributed by atoms with Crippen molar-refractivity contribution in [3.8, 4) is 11.8 Å². The van der Waals surface area contributed by atoms with Gasteiger partial charge in [0.1, 0.15) is 5.75 Å². The molecule has 0 atom stereocenters. The summed E-state index contributed by atoms with van der Waals surface area (Å²) in [6.45, 7) is 4.02. The zero-order valence-electron chi connectivity index (χ0n) is 11.8. The molecular formula is C17H16BrNO. The molecule has 0 spiro atoms. The predicted molar refractivity (Wildman–Crippen MR) is 84.1 cm³/mol. The van der Waals surface area contributed by atoms with Crippen LogP contribution in [0, 0.1) is 25.2 Å². The molecule has 0 bridgehead atoms. The van der Waals surface area contributed by atoms with E-state index in [1.54, 1.807) is 7.11 Å². The molecule has 0 aliphatic heterocycles. The predicted octanol–water partition coefficient (Wildman–Crippen LogP) is 4.54. The second-order valence-corrected chi connectivity index (χ2v) is 5.78. The number of rotatable bonds is 3. The van der Waals surface area contributed by atoms with Gasteiger partial charge in [0.25, 0.3) is 0 Å². The lowest BCUT2D eigenvalue weighted by Crippen LogP contribution is -1.99. The molecule has 102 valence electrons. The quantitative estimate of drug-likeness (QED) is 0.828. The summed E-state index contributed by atoms with van der Waals surface area (Å²) in [5.74, 6) is 0.887. The van der Waals surface area contributed by atoms with Crippen molar-refractivity contribution >= 4 is 15.9 Å². The summed E-state index contributed by atoms with van der Waals surface area (Å²) < 4.78 is 6.52. The van der Waals surface area contributed by atoms with Crippen LogP contribution < -0.4 is 4.74 Å². The van der Waals surface area contributed by atoms with E-state index in [-0.39, 0.29) is 0 Å². The van der Waals surface area contributed by atoms with Crippen LogP contribution in [0.5, 0.6) is 5.75 Å². The molecule has 0 radical (unpaired) electrons. The fraction of sp³-hybridized carbons (Fsp3) is 0.235. The van der Waals surface area contributed by atoms with E-state index in [0.29, 0.717) is 6.42 Å². The summed E-state index contributed by atoms with van der Waals surface area (Å²) in [6.07, 6.45) is 0.687. The lowest BCUT2D eigenvalue weighted by Gasteiger charge is -2.13. The number of nitrogens with zero attached hydrogens (tertiary/aromatic N) is 1. The standard InChI is InChI=1S/C17H16BrNO/c1-11-4-5-13(15(6-11)10-19)8-14-9-16(18)7-12(2)17(14)20-3/h4-7,9H,8H2,1-3H3. The minimum absolute atomic E-state index is 0.687. The smallest absolute Gasteiger partial charge is 0.125 e. The number of halogens is 1. The topological polar surface area (TPSA) is 33.0 Å². The first-order valence-electron chi connectivity index (χ1n) is 6.37. The van der Waals surface area contributed by atoms with Gasteiger partial charge in [-0.25, -0.2) is 0 Å². The highest BCUT2D eigenvalue weighted by molar-refractivity contribution is 9.10. The molecule has 0 fully saturated rings. The van der Waals surface area contributed by atoms with E-state index in [1.807, 2.05) is 44.2 Å². The number of hydrogen-bond donors (Lipinski definition) is 0. The largest absolute Gasteiger partial charge is 0.496 e. The van der Waals surface area contributed by atoms with Crippen LogP contribution in [0.1, 0.15) is 27.8 Å². The van der Waals surface area contributed by atoms with E-state index in [4.69, 9.17) is 4.74 Å². The summed E-state index contributed by atoms with van der Waals surface area (Å²) in [4.78, 5) is 0. The second-order valence-electron chi connectivity index (χ2n) is 4.86. The molecule has 0 aliphatic carbocycles. The first kappa shape index (κ1) is 14.6. The van der Waals surface area contributed by atoms with Crippen molar-refractivity contribution in [2.24, 2.45) is 0 Å². The van der Waals surface area contributed by atoms with E-state index in [0.717, 1.165) is 38.0 Å². The molecule has 2 rings (SSSR count). The number of methoxy groups -OCH3 is 1. The van der Waals surface area contributed by atoms with Crippen LogP contribution >= 0.6 is 15.9 Å². The van der Waals surface area contributed by atoms with Crippen molar-refractivity contribution in [3.63, 3.8) is 0 Å². The van der Waals surface area contributed by atoms with Crippen LogP contribution in [0.15, 0.2) is 34.8 Å². The van der Waals surface area contributed by atoms with E-state index in [2.05, 4.69) is 22.0 Å². The van der Waals surface area contributed by atoms with E-state index in [9.17, 15) is 5.26 Å². The Labute approximate surface area is 128 Å². The average molecular weight is 330 g/mol. The molecule has 0 unspecified atom stereocenters. The molecule has 0 saturated carbocycles. The molecule has 0 heterocycles. The van der Waals surface area contributed by atoms with Crippen LogP contribution in [-0.2, 0) is 6.42 Å². The van der Waals surface area contributed by atoms with Crippen LogP contribution in [0.4, 0.5) is 0 Å². The number of benzene rings is 2. The highest BCUT2D eigenvalue weighted by Gasteiger charge is 2.11. The van der Waals surface area contributed by atoms with Crippen LogP contribution in [0.3, 0.4) is 0 Å². The van der Waals surface area contributed by atoms with Gasteiger partial charge in [-0.05, 0) is 54.3 Å². The maximum Gasteiger partial charge on any atom is 0.125 e. The Morgan fingerprint density at radius 1 is 1.15 bits per heavy atom. The number of ether oxygens (including phenoxy) is 1. The van der Waals surface area contributed by atoms with Crippen molar-refractivity contribution < 1.29 is 4.74 Å². The number of hydrogen-bond acceptors (Lipinski definition) is 2. The number of aryl methyl sites for hydroxylation is 2. The highest BCUT2D eigenvalue weighted by Crippen LogP contribution is 2.30. The zero-order valence-corrected chi connectivity index (χ0v) is 13.4. The van der Waals surface area contributed by atoms with Gasteiger partial charge in [0, 0.05) is 10.9 Å². The molecule has 2 aromatic carbocycles. The summed E-state index contributed by atoms with van der Waals surface area (Å²) in [7, 11) is 1.68. The van der Waals surface area contributed by atoms with Crippen LogP contribution in [0.25, 0.3) is 0 Å². The minimum atomic E-state index is 0.687. The van der Waals surface area contributed by atoms with Gasteiger partial charge in [-0.1, -0.05) is 28.1 Å². The van der Waals surface area contributed by atoms with Gasteiger partial charge < -0.3 is 4.74 Å². The zero-order chi connectivity index (χ0) is 14.7. The Hall–Kier alpha value is -1.79. The normalized spacial score (nSPS) is 10.2. The second kappa shape index (κ2) is 6.11. The molecule has 3 heteroatoms. The van der Waals surface area contributed by atoms with Crippen molar-refractivity contribution in [1.82, 2.24) is 0 Å².